The molecule has 1 aliphatic carbocycles. The van der Waals surface area contributed by atoms with Crippen molar-refractivity contribution < 1.29 is 13.2 Å². The molecule has 136 valence electrons. The summed E-state index contributed by atoms with van der Waals surface area (Å²) in [6, 6.07) is 1.35. The number of hydrogen-bond donors (Lipinski definition) is 2. The molecule has 0 aliphatic heterocycles. The van der Waals surface area contributed by atoms with Crippen molar-refractivity contribution in [2.45, 2.75) is 44.0 Å². The molecular formula is C16H21ClN4O3S. The first-order chi connectivity index (χ1) is 11.6. The van der Waals surface area contributed by atoms with Crippen LogP contribution in [0.3, 0.4) is 0 Å². The molecule has 0 radical (unpaired) electrons. The van der Waals surface area contributed by atoms with Crippen molar-refractivity contribution in [1.82, 2.24) is 19.4 Å². The third-order valence-electron chi connectivity index (χ3n) is 4.13. The lowest BCUT2D eigenvalue weighted by Crippen LogP contribution is -2.34. The van der Waals surface area contributed by atoms with Crippen molar-refractivity contribution in [3.05, 3.63) is 29.2 Å². The number of nitrogens with zero attached hydrogens (tertiary/aromatic N) is 2. The summed E-state index contributed by atoms with van der Waals surface area (Å²) in [4.78, 5) is 16.5. The number of sulfonamides is 1. The number of carbonyl (C=O) groups excluding carboxylic acids is 1. The molecule has 0 aromatic carbocycles. The fourth-order valence-electron chi connectivity index (χ4n) is 2.40. The zero-order chi connectivity index (χ0) is 18.4. The Kier molecular flexibility index (Phi) is 4.55. The van der Waals surface area contributed by atoms with Crippen LogP contribution in [0.25, 0.3) is 5.65 Å². The molecule has 2 heterocycles. The summed E-state index contributed by atoms with van der Waals surface area (Å²) in [5.74, 6) is -0.0277. The Hall–Kier alpha value is -1.64. The summed E-state index contributed by atoms with van der Waals surface area (Å²) in [6.45, 7) is 6.34. The zero-order valence-electron chi connectivity index (χ0n) is 14.3. The minimum atomic E-state index is -3.73. The second-order valence-corrected chi connectivity index (χ2v) is 9.22. The molecule has 1 amide bonds. The number of nitrogens with one attached hydrogen (secondary N) is 2. The fourth-order valence-corrected chi connectivity index (χ4v) is 4.21. The van der Waals surface area contributed by atoms with Crippen molar-refractivity contribution in [2.24, 2.45) is 5.92 Å². The van der Waals surface area contributed by atoms with Gasteiger partial charge in [0, 0.05) is 18.3 Å². The van der Waals surface area contributed by atoms with Gasteiger partial charge in [-0.25, -0.2) is 18.1 Å². The molecule has 0 bridgehead atoms. The Bertz CT molecular complexity index is 932. The summed E-state index contributed by atoms with van der Waals surface area (Å²) in [5.41, 5.74) is 0.187. The van der Waals surface area contributed by atoms with Gasteiger partial charge in [0.15, 0.2) is 5.65 Å². The molecule has 25 heavy (non-hydrogen) atoms. The van der Waals surface area contributed by atoms with E-state index in [2.05, 4.69) is 15.0 Å². The average Bonchev–Trinajstić information content (AvgIpc) is 3.07. The van der Waals surface area contributed by atoms with Crippen molar-refractivity contribution in [3.63, 3.8) is 0 Å². The van der Waals surface area contributed by atoms with Gasteiger partial charge in [-0.05, 0) is 31.7 Å². The highest BCUT2D eigenvalue weighted by Gasteiger charge is 2.41. The van der Waals surface area contributed by atoms with Crippen LogP contribution >= 0.6 is 11.6 Å². The third-order valence-corrected chi connectivity index (χ3v) is 6.01. The molecule has 0 spiro atoms. The van der Waals surface area contributed by atoms with Gasteiger partial charge in [-0.1, -0.05) is 25.4 Å². The van der Waals surface area contributed by atoms with E-state index in [1.165, 1.54) is 22.9 Å². The third kappa shape index (κ3) is 3.80. The molecule has 7 nitrogen and oxygen atoms in total. The highest BCUT2D eigenvalue weighted by Crippen LogP contribution is 2.36. The van der Waals surface area contributed by atoms with Crippen molar-refractivity contribution in [2.75, 3.05) is 6.54 Å². The van der Waals surface area contributed by atoms with Crippen LogP contribution in [-0.4, -0.2) is 35.8 Å². The summed E-state index contributed by atoms with van der Waals surface area (Å²) >= 11 is 6.19. The van der Waals surface area contributed by atoms with Gasteiger partial charge in [-0.15, -0.1) is 0 Å². The number of fused-ring (bicyclic) bond motifs is 1. The van der Waals surface area contributed by atoms with Crippen molar-refractivity contribution in [1.29, 1.82) is 0 Å². The fraction of sp³-hybridized carbons (Fsp3) is 0.500. The number of rotatable bonds is 6. The van der Waals surface area contributed by atoms with E-state index in [9.17, 15) is 13.2 Å². The van der Waals surface area contributed by atoms with Gasteiger partial charge in [0.05, 0.1) is 11.2 Å². The predicted octanol–water partition coefficient (Wildman–Crippen LogP) is 2.20. The van der Waals surface area contributed by atoms with Gasteiger partial charge in [0.1, 0.15) is 10.6 Å². The van der Waals surface area contributed by atoms with Crippen LogP contribution in [-0.2, 0) is 10.0 Å². The standard InChI is InChI=1S/C16H21ClN4O3S/c1-10(2)7-19-15(22)13-8-18-14-12(17)6-11(9-21(13)14)25(23,24)20-16(3)4-5-16/h6,8-10,20H,4-5,7H2,1-3H3,(H,19,22). The van der Waals surface area contributed by atoms with Gasteiger partial charge < -0.3 is 5.32 Å². The van der Waals surface area contributed by atoms with Crippen LogP contribution in [0.4, 0.5) is 0 Å². The van der Waals surface area contributed by atoms with Crippen LogP contribution in [0.15, 0.2) is 23.4 Å². The van der Waals surface area contributed by atoms with Crippen LogP contribution in [0, 0.1) is 5.92 Å². The minimum absolute atomic E-state index is 0.00837. The quantitative estimate of drug-likeness (QED) is 0.798. The SMILES string of the molecule is CC(C)CNC(=O)c1cnc2c(Cl)cc(S(=O)(=O)NC3(C)CC3)cn12. The Morgan fingerprint density at radius 2 is 2.12 bits per heavy atom. The summed E-state index contributed by atoms with van der Waals surface area (Å²) in [6.07, 6.45) is 4.38. The number of pyridine rings is 1. The Labute approximate surface area is 151 Å². The molecule has 1 fully saturated rings. The summed E-state index contributed by atoms with van der Waals surface area (Å²) in [7, 11) is -3.73. The average molecular weight is 385 g/mol. The van der Waals surface area contributed by atoms with Gasteiger partial charge in [-0.3, -0.25) is 9.20 Å². The van der Waals surface area contributed by atoms with E-state index < -0.39 is 15.6 Å². The molecule has 0 atom stereocenters. The maximum Gasteiger partial charge on any atom is 0.269 e. The minimum Gasteiger partial charge on any atom is -0.350 e. The van der Waals surface area contributed by atoms with Crippen LogP contribution in [0.1, 0.15) is 44.1 Å². The van der Waals surface area contributed by atoms with Gasteiger partial charge in [0.2, 0.25) is 10.0 Å². The second-order valence-electron chi connectivity index (χ2n) is 7.13. The number of halogens is 1. The van der Waals surface area contributed by atoms with E-state index in [4.69, 9.17) is 11.6 Å². The summed E-state index contributed by atoms with van der Waals surface area (Å²) in [5, 5.41) is 2.97. The molecular weight excluding hydrogens is 364 g/mol. The van der Waals surface area contributed by atoms with Crippen molar-refractivity contribution >= 4 is 33.2 Å². The molecule has 2 aromatic rings. The monoisotopic (exact) mass is 384 g/mol. The molecule has 9 heteroatoms. The van der Waals surface area contributed by atoms with E-state index in [-0.39, 0.29) is 21.5 Å². The van der Waals surface area contributed by atoms with E-state index in [1.54, 1.807) is 0 Å². The lowest BCUT2D eigenvalue weighted by molar-refractivity contribution is 0.0943. The lowest BCUT2D eigenvalue weighted by Gasteiger charge is -2.13. The van der Waals surface area contributed by atoms with Crippen LogP contribution in [0.2, 0.25) is 5.02 Å². The Balaban J connectivity index is 1.99. The first kappa shape index (κ1) is 18.2. The molecule has 2 aromatic heterocycles. The highest BCUT2D eigenvalue weighted by molar-refractivity contribution is 7.89. The van der Waals surface area contributed by atoms with E-state index >= 15 is 0 Å². The molecule has 2 N–H and O–H groups in total. The number of carbonyl (C=O) groups is 1. The number of imidazole rings is 1. The Morgan fingerprint density at radius 3 is 2.72 bits per heavy atom. The van der Waals surface area contributed by atoms with Crippen molar-refractivity contribution in [3.8, 4) is 0 Å². The predicted molar refractivity (Wildman–Crippen MR) is 95.3 cm³/mol. The molecule has 1 saturated carbocycles. The molecule has 3 rings (SSSR count). The summed E-state index contributed by atoms with van der Waals surface area (Å²) < 4.78 is 29.3. The molecule has 1 aliphatic rings. The van der Waals surface area contributed by atoms with Gasteiger partial charge in [-0.2, -0.15) is 0 Å². The van der Waals surface area contributed by atoms with E-state index in [0.29, 0.717) is 18.1 Å². The lowest BCUT2D eigenvalue weighted by atomic mass is 10.2. The van der Waals surface area contributed by atoms with Crippen LogP contribution in [0.5, 0.6) is 0 Å². The van der Waals surface area contributed by atoms with Gasteiger partial charge in [0.25, 0.3) is 5.91 Å². The maximum absolute atomic E-state index is 12.6. The zero-order valence-corrected chi connectivity index (χ0v) is 15.9. The molecule has 0 unspecified atom stereocenters. The Morgan fingerprint density at radius 1 is 1.44 bits per heavy atom. The normalized spacial score (nSPS) is 16.4. The molecule has 0 saturated heterocycles. The number of aromatic nitrogens is 2. The smallest absolute Gasteiger partial charge is 0.269 e. The van der Waals surface area contributed by atoms with E-state index in [1.807, 2.05) is 20.8 Å². The number of hydrogen-bond acceptors (Lipinski definition) is 4. The first-order valence-corrected chi connectivity index (χ1v) is 9.96. The number of amides is 1. The second kappa shape index (κ2) is 6.26. The largest absolute Gasteiger partial charge is 0.350 e. The maximum atomic E-state index is 12.6. The van der Waals surface area contributed by atoms with Gasteiger partial charge >= 0.3 is 0 Å². The topological polar surface area (TPSA) is 92.6 Å². The van der Waals surface area contributed by atoms with E-state index in [0.717, 1.165) is 12.8 Å². The van der Waals surface area contributed by atoms with Crippen LogP contribution < -0.4 is 10.0 Å². The highest BCUT2D eigenvalue weighted by atomic mass is 35.5. The first-order valence-electron chi connectivity index (χ1n) is 8.10.